The van der Waals surface area contributed by atoms with E-state index in [1.165, 1.54) is 11.3 Å². The SMILES string of the molecule is CN(C)c1ccc(CCCNC(=O)NCc2ccccc2)cc1. The maximum Gasteiger partial charge on any atom is 0.315 e. The Balaban J connectivity index is 1.62. The van der Waals surface area contributed by atoms with E-state index in [1.54, 1.807) is 0 Å². The van der Waals surface area contributed by atoms with Gasteiger partial charge < -0.3 is 15.5 Å². The minimum Gasteiger partial charge on any atom is -0.378 e. The van der Waals surface area contributed by atoms with E-state index < -0.39 is 0 Å². The van der Waals surface area contributed by atoms with Gasteiger partial charge in [-0.25, -0.2) is 4.79 Å². The highest BCUT2D eigenvalue weighted by atomic mass is 16.2. The molecule has 0 aliphatic rings. The van der Waals surface area contributed by atoms with Crippen LogP contribution < -0.4 is 15.5 Å². The fraction of sp³-hybridized carbons (Fsp3) is 0.316. The second-order valence-corrected chi connectivity index (χ2v) is 5.76. The number of aryl methyl sites for hydroxylation is 1. The van der Waals surface area contributed by atoms with Gasteiger partial charge in [0.25, 0.3) is 0 Å². The van der Waals surface area contributed by atoms with E-state index in [1.807, 2.05) is 44.4 Å². The van der Waals surface area contributed by atoms with Crippen molar-refractivity contribution in [2.75, 3.05) is 25.5 Å². The molecule has 0 aliphatic carbocycles. The standard InChI is InChI=1S/C19H25N3O/c1-22(2)18-12-10-16(11-13-18)9-6-14-20-19(23)21-15-17-7-4-3-5-8-17/h3-5,7-8,10-13H,6,9,14-15H2,1-2H3,(H2,20,21,23). The monoisotopic (exact) mass is 311 g/mol. The van der Waals surface area contributed by atoms with Crippen molar-refractivity contribution >= 4 is 11.7 Å². The van der Waals surface area contributed by atoms with Crippen LogP contribution in [0.15, 0.2) is 54.6 Å². The van der Waals surface area contributed by atoms with E-state index in [-0.39, 0.29) is 6.03 Å². The average molecular weight is 311 g/mol. The van der Waals surface area contributed by atoms with Gasteiger partial charge in [0, 0.05) is 32.9 Å². The molecule has 2 aromatic rings. The number of nitrogens with one attached hydrogen (secondary N) is 2. The van der Waals surface area contributed by atoms with E-state index in [0.29, 0.717) is 13.1 Å². The first-order valence-corrected chi connectivity index (χ1v) is 7.97. The lowest BCUT2D eigenvalue weighted by Gasteiger charge is -2.12. The van der Waals surface area contributed by atoms with Crippen molar-refractivity contribution < 1.29 is 4.79 Å². The number of nitrogens with zero attached hydrogens (tertiary/aromatic N) is 1. The van der Waals surface area contributed by atoms with Crippen LogP contribution in [0.25, 0.3) is 0 Å². The molecule has 2 amide bonds. The van der Waals surface area contributed by atoms with Crippen molar-refractivity contribution in [1.29, 1.82) is 0 Å². The molecule has 4 heteroatoms. The van der Waals surface area contributed by atoms with Crippen LogP contribution in [-0.4, -0.2) is 26.7 Å². The normalized spacial score (nSPS) is 10.2. The van der Waals surface area contributed by atoms with E-state index in [9.17, 15) is 4.79 Å². The quantitative estimate of drug-likeness (QED) is 0.771. The summed E-state index contributed by atoms with van der Waals surface area (Å²) in [5.41, 5.74) is 3.60. The molecule has 2 N–H and O–H groups in total. The molecular formula is C19H25N3O. The van der Waals surface area contributed by atoms with Crippen molar-refractivity contribution in [3.8, 4) is 0 Å². The zero-order valence-electron chi connectivity index (χ0n) is 13.9. The summed E-state index contributed by atoms with van der Waals surface area (Å²) in [7, 11) is 4.07. The first-order valence-electron chi connectivity index (χ1n) is 7.97. The molecule has 0 heterocycles. The van der Waals surface area contributed by atoms with Gasteiger partial charge in [-0.05, 0) is 36.1 Å². The summed E-state index contributed by atoms with van der Waals surface area (Å²) in [4.78, 5) is 13.8. The maximum atomic E-state index is 11.7. The Kier molecular flexibility index (Phi) is 6.48. The first kappa shape index (κ1) is 16.9. The van der Waals surface area contributed by atoms with Crippen LogP contribution in [0.2, 0.25) is 0 Å². The number of hydrogen-bond acceptors (Lipinski definition) is 2. The highest BCUT2D eigenvalue weighted by Gasteiger charge is 2.00. The van der Waals surface area contributed by atoms with Gasteiger partial charge >= 0.3 is 6.03 Å². The van der Waals surface area contributed by atoms with Gasteiger partial charge in [-0.1, -0.05) is 42.5 Å². The number of anilines is 1. The second kappa shape index (κ2) is 8.83. The highest BCUT2D eigenvalue weighted by molar-refractivity contribution is 5.73. The Labute approximate surface area is 138 Å². The minimum atomic E-state index is -0.114. The molecule has 0 fully saturated rings. The Bertz CT molecular complexity index is 594. The number of amides is 2. The molecule has 4 nitrogen and oxygen atoms in total. The third-order valence-corrected chi connectivity index (χ3v) is 3.68. The van der Waals surface area contributed by atoms with Gasteiger partial charge in [-0.15, -0.1) is 0 Å². The molecule has 0 saturated carbocycles. The molecule has 0 atom stereocenters. The fourth-order valence-corrected chi connectivity index (χ4v) is 2.30. The molecule has 0 bridgehead atoms. The van der Waals surface area contributed by atoms with Gasteiger partial charge in [-0.2, -0.15) is 0 Å². The lowest BCUT2D eigenvalue weighted by Crippen LogP contribution is -2.35. The summed E-state index contributed by atoms with van der Waals surface area (Å²) in [6.07, 6.45) is 1.90. The van der Waals surface area contributed by atoms with Crippen molar-refractivity contribution in [3.05, 3.63) is 65.7 Å². The predicted octanol–water partition coefficient (Wildman–Crippen LogP) is 3.18. The summed E-state index contributed by atoms with van der Waals surface area (Å²) in [5, 5.41) is 5.76. The fourth-order valence-electron chi connectivity index (χ4n) is 2.30. The van der Waals surface area contributed by atoms with Gasteiger partial charge in [0.05, 0.1) is 0 Å². The van der Waals surface area contributed by atoms with Crippen LogP contribution in [0.1, 0.15) is 17.5 Å². The number of carbonyl (C=O) groups is 1. The van der Waals surface area contributed by atoms with Gasteiger partial charge in [0.15, 0.2) is 0 Å². The summed E-state index contributed by atoms with van der Waals surface area (Å²) in [5.74, 6) is 0. The Morgan fingerprint density at radius 3 is 2.26 bits per heavy atom. The minimum absolute atomic E-state index is 0.114. The van der Waals surface area contributed by atoms with Crippen molar-refractivity contribution in [3.63, 3.8) is 0 Å². The van der Waals surface area contributed by atoms with Crippen molar-refractivity contribution in [1.82, 2.24) is 10.6 Å². The topological polar surface area (TPSA) is 44.4 Å². The Morgan fingerprint density at radius 1 is 0.913 bits per heavy atom. The van der Waals surface area contributed by atoms with Crippen LogP contribution in [-0.2, 0) is 13.0 Å². The Hall–Kier alpha value is -2.49. The zero-order chi connectivity index (χ0) is 16.5. The molecule has 0 unspecified atom stereocenters. The summed E-state index contributed by atoms with van der Waals surface area (Å²) < 4.78 is 0. The van der Waals surface area contributed by atoms with Gasteiger partial charge in [0.1, 0.15) is 0 Å². The number of rotatable bonds is 7. The third-order valence-electron chi connectivity index (χ3n) is 3.68. The molecule has 2 rings (SSSR count). The highest BCUT2D eigenvalue weighted by Crippen LogP contribution is 2.13. The van der Waals surface area contributed by atoms with Crippen molar-refractivity contribution in [2.45, 2.75) is 19.4 Å². The summed E-state index contributed by atoms with van der Waals surface area (Å²) in [6, 6.07) is 18.3. The Morgan fingerprint density at radius 2 is 1.61 bits per heavy atom. The smallest absolute Gasteiger partial charge is 0.315 e. The number of benzene rings is 2. The van der Waals surface area contributed by atoms with Crippen LogP contribution >= 0.6 is 0 Å². The van der Waals surface area contributed by atoms with Crippen LogP contribution in [0.5, 0.6) is 0 Å². The van der Waals surface area contributed by atoms with Gasteiger partial charge in [-0.3, -0.25) is 0 Å². The lowest BCUT2D eigenvalue weighted by atomic mass is 10.1. The molecule has 0 radical (unpaired) electrons. The van der Waals surface area contributed by atoms with Crippen LogP contribution in [0, 0.1) is 0 Å². The first-order chi connectivity index (χ1) is 11.1. The predicted molar refractivity (Wildman–Crippen MR) is 95.8 cm³/mol. The molecule has 0 spiro atoms. The van der Waals surface area contributed by atoms with Gasteiger partial charge in [0.2, 0.25) is 0 Å². The maximum absolute atomic E-state index is 11.7. The van der Waals surface area contributed by atoms with E-state index in [0.717, 1.165) is 18.4 Å². The largest absolute Gasteiger partial charge is 0.378 e. The number of hydrogen-bond donors (Lipinski definition) is 2. The van der Waals surface area contributed by atoms with E-state index >= 15 is 0 Å². The van der Waals surface area contributed by atoms with Crippen LogP contribution in [0.4, 0.5) is 10.5 Å². The summed E-state index contributed by atoms with van der Waals surface area (Å²) in [6.45, 7) is 1.23. The number of carbonyl (C=O) groups excluding carboxylic acids is 1. The van der Waals surface area contributed by atoms with E-state index in [4.69, 9.17) is 0 Å². The summed E-state index contributed by atoms with van der Waals surface area (Å²) >= 11 is 0. The zero-order valence-corrected chi connectivity index (χ0v) is 13.9. The molecule has 0 aromatic heterocycles. The second-order valence-electron chi connectivity index (χ2n) is 5.76. The molecule has 0 aliphatic heterocycles. The lowest BCUT2D eigenvalue weighted by molar-refractivity contribution is 0.240. The van der Waals surface area contributed by atoms with E-state index in [2.05, 4.69) is 39.8 Å². The third kappa shape index (κ3) is 6.02. The molecule has 0 saturated heterocycles. The van der Waals surface area contributed by atoms with Crippen molar-refractivity contribution in [2.24, 2.45) is 0 Å². The number of urea groups is 1. The molecule has 122 valence electrons. The molecule has 2 aromatic carbocycles. The van der Waals surface area contributed by atoms with Crippen LogP contribution in [0.3, 0.4) is 0 Å². The molecule has 23 heavy (non-hydrogen) atoms. The average Bonchev–Trinajstić information content (AvgIpc) is 2.58. The molecular weight excluding hydrogens is 286 g/mol.